The quantitative estimate of drug-likeness (QED) is 0.333. The van der Waals surface area contributed by atoms with Crippen LogP contribution in [0.15, 0.2) is 0 Å². The van der Waals surface area contributed by atoms with Gasteiger partial charge in [0.15, 0.2) is 0 Å². The third kappa shape index (κ3) is 14.1. The molecule has 1 amide bonds. The largest absolute Gasteiger partial charge is 0.466 e. The van der Waals surface area contributed by atoms with Gasteiger partial charge in [-0.2, -0.15) is 0 Å². The Morgan fingerprint density at radius 1 is 0.846 bits per heavy atom. The second kappa shape index (κ2) is 13.1. The van der Waals surface area contributed by atoms with E-state index in [0.717, 1.165) is 38.5 Å². The van der Waals surface area contributed by atoms with Crippen LogP contribution < -0.4 is 5.32 Å². The monoisotopic (exact) mass is 371 g/mol. The zero-order valence-corrected chi connectivity index (χ0v) is 17.9. The average molecular weight is 372 g/mol. The summed E-state index contributed by atoms with van der Waals surface area (Å²) in [5.41, 5.74) is -0.677. The van der Waals surface area contributed by atoms with Gasteiger partial charge in [-0.25, -0.2) is 0 Å². The van der Waals surface area contributed by atoms with Gasteiger partial charge in [0.05, 0.1) is 12.2 Å². The summed E-state index contributed by atoms with van der Waals surface area (Å²) >= 11 is 0. The highest BCUT2D eigenvalue weighted by Crippen LogP contribution is 2.19. The van der Waals surface area contributed by atoms with Gasteiger partial charge >= 0.3 is 5.97 Å². The molecule has 0 unspecified atom stereocenters. The van der Waals surface area contributed by atoms with Crippen LogP contribution in [0.4, 0.5) is 0 Å². The van der Waals surface area contributed by atoms with Gasteiger partial charge in [-0.3, -0.25) is 9.59 Å². The Bertz CT molecular complexity index is 405. The summed E-state index contributed by atoms with van der Waals surface area (Å²) in [6, 6.07) is 0. The van der Waals surface area contributed by atoms with Gasteiger partial charge in [0.1, 0.15) is 0 Å². The Hall–Kier alpha value is -1.10. The molecule has 5 nitrogen and oxygen atoms in total. The fraction of sp³-hybridized carbons (Fsp3) is 0.905. The molecule has 154 valence electrons. The summed E-state index contributed by atoms with van der Waals surface area (Å²) in [7, 11) is 0. The van der Waals surface area contributed by atoms with E-state index in [-0.39, 0.29) is 23.0 Å². The van der Waals surface area contributed by atoms with Crippen LogP contribution in [0.25, 0.3) is 0 Å². The van der Waals surface area contributed by atoms with Crippen molar-refractivity contribution in [2.45, 2.75) is 110 Å². The van der Waals surface area contributed by atoms with E-state index in [1.807, 2.05) is 27.7 Å². The van der Waals surface area contributed by atoms with Gasteiger partial charge in [0.25, 0.3) is 0 Å². The highest BCUT2D eigenvalue weighted by molar-refractivity contribution is 5.76. The normalized spacial score (nSPS) is 12.1. The van der Waals surface area contributed by atoms with Crippen LogP contribution in [0.2, 0.25) is 0 Å². The molecule has 0 saturated carbocycles. The molecule has 0 aliphatic rings. The van der Waals surface area contributed by atoms with E-state index in [4.69, 9.17) is 9.47 Å². The van der Waals surface area contributed by atoms with Gasteiger partial charge < -0.3 is 14.8 Å². The molecular weight excluding hydrogens is 330 g/mol. The summed E-state index contributed by atoms with van der Waals surface area (Å²) in [5.74, 6) is -0.0488. The van der Waals surface area contributed by atoms with E-state index in [9.17, 15) is 9.59 Å². The number of carbonyl (C=O) groups excluding carboxylic acids is 2. The van der Waals surface area contributed by atoms with E-state index in [1.54, 1.807) is 0 Å². The Morgan fingerprint density at radius 2 is 1.50 bits per heavy atom. The molecule has 1 N–H and O–H groups in total. The molecule has 0 aromatic rings. The molecule has 0 atom stereocenters. The lowest BCUT2D eigenvalue weighted by molar-refractivity contribution is -0.145. The van der Waals surface area contributed by atoms with Gasteiger partial charge in [-0.1, -0.05) is 33.1 Å². The van der Waals surface area contributed by atoms with Crippen molar-refractivity contribution in [2.24, 2.45) is 0 Å². The Balaban J connectivity index is 4.05. The molecule has 0 aliphatic heterocycles. The van der Waals surface area contributed by atoms with Crippen molar-refractivity contribution in [1.29, 1.82) is 0 Å². The molecule has 0 bridgehead atoms. The number of carbonyl (C=O) groups is 2. The Morgan fingerprint density at radius 3 is 2.12 bits per heavy atom. The number of hydrogen-bond donors (Lipinski definition) is 1. The van der Waals surface area contributed by atoms with Crippen LogP contribution >= 0.6 is 0 Å². The maximum atomic E-state index is 12.0. The molecule has 0 fully saturated rings. The van der Waals surface area contributed by atoms with Crippen molar-refractivity contribution in [2.75, 3.05) is 13.2 Å². The van der Waals surface area contributed by atoms with E-state index >= 15 is 0 Å². The zero-order valence-electron chi connectivity index (χ0n) is 17.9. The van der Waals surface area contributed by atoms with E-state index in [2.05, 4.69) is 19.2 Å². The fourth-order valence-electron chi connectivity index (χ4n) is 2.50. The predicted octanol–water partition coefficient (Wildman–Crippen LogP) is 4.77. The molecule has 0 spiro atoms. The Kier molecular flexibility index (Phi) is 12.6. The average Bonchev–Trinajstić information content (AvgIpc) is 2.52. The summed E-state index contributed by atoms with van der Waals surface area (Å²) in [5, 5.41) is 3.09. The smallest absolute Gasteiger partial charge is 0.305 e. The maximum absolute atomic E-state index is 12.0. The zero-order chi connectivity index (χ0) is 20.1. The number of unbranched alkanes of at least 4 members (excludes halogenated alkanes) is 3. The van der Waals surface area contributed by atoms with Gasteiger partial charge in [-0.05, 0) is 53.4 Å². The van der Waals surface area contributed by atoms with Crippen LogP contribution in [-0.2, 0) is 19.1 Å². The van der Waals surface area contributed by atoms with Crippen molar-refractivity contribution >= 4 is 11.9 Å². The fourth-order valence-corrected chi connectivity index (χ4v) is 2.50. The standard InChI is InChI=1S/C21H41NO4/c1-7-9-11-12-18(23)22-20(3,4)15-17-26-21(5,6)14-13-19(24)25-16-10-8-2/h7-17H2,1-6H3,(H,22,23). The summed E-state index contributed by atoms with van der Waals surface area (Å²) in [4.78, 5) is 23.7. The molecule has 0 aromatic heterocycles. The summed E-state index contributed by atoms with van der Waals surface area (Å²) in [6.07, 6.45) is 7.39. The lowest BCUT2D eigenvalue weighted by Crippen LogP contribution is -2.44. The third-order valence-corrected chi connectivity index (χ3v) is 4.40. The topological polar surface area (TPSA) is 64.6 Å². The minimum atomic E-state index is -0.384. The minimum Gasteiger partial charge on any atom is -0.466 e. The van der Waals surface area contributed by atoms with Crippen molar-refractivity contribution < 1.29 is 19.1 Å². The number of ether oxygens (including phenoxy) is 2. The first-order valence-electron chi connectivity index (χ1n) is 10.2. The number of amides is 1. The van der Waals surface area contributed by atoms with Crippen LogP contribution in [0.3, 0.4) is 0 Å². The highest BCUT2D eigenvalue weighted by atomic mass is 16.5. The number of nitrogens with one attached hydrogen (secondary N) is 1. The molecule has 0 heterocycles. The van der Waals surface area contributed by atoms with Crippen LogP contribution in [0, 0.1) is 0 Å². The molecule has 0 radical (unpaired) electrons. The van der Waals surface area contributed by atoms with Gasteiger partial charge in [0.2, 0.25) is 5.91 Å². The third-order valence-electron chi connectivity index (χ3n) is 4.40. The van der Waals surface area contributed by atoms with Crippen LogP contribution in [0.1, 0.15) is 99.3 Å². The van der Waals surface area contributed by atoms with E-state index in [0.29, 0.717) is 32.5 Å². The molecule has 26 heavy (non-hydrogen) atoms. The Labute approximate surface area is 160 Å². The molecule has 0 rings (SSSR count). The number of esters is 1. The first-order chi connectivity index (χ1) is 12.1. The second-order valence-electron chi connectivity index (χ2n) is 8.32. The van der Waals surface area contributed by atoms with E-state index in [1.165, 1.54) is 0 Å². The first-order valence-corrected chi connectivity index (χ1v) is 10.2. The number of rotatable bonds is 15. The highest BCUT2D eigenvalue weighted by Gasteiger charge is 2.24. The first kappa shape index (κ1) is 24.9. The van der Waals surface area contributed by atoms with Crippen LogP contribution in [-0.4, -0.2) is 36.2 Å². The predicted molar refractivity (Wildman–Crippen MR) is 106 cm³/mol. The number of hydrogen-bond acceptors (Lipinski definition) is 4. The van der Waals surface area contributed by atoms with Gasteiger partial charge in [0, 0.05) is 25.0 Å². The van der Waals surface area contributed by atoms with Gasteiger partial charge in [-0.15, -0.1) is 0 Å². The van der Waals surface area contributed by atoms with Crippen molar-refractivity contribution in [3.63, 3.8) is 0 Å². The van der Waals surface area contributed by atoms with E-state index < -0.39 is 0 Å². The SMILES string of the molecule is CCCCCC(=O)NC(C)(C)CCOC(C)(C)CCC(=O)OCCCC. The molecule has 0 saturated heterocycles. The molecule has 0 aromatic carbocycles. The summed E-state index contributed by atoms with van der Waals surface area (Å²) in [6.45, 7) is 13.3. The lowest BCUT2D eigenvalue weighted by Gasteiger charge is -2.30. The minimum absolute atomic E-state index is 0.109. The molecule has 5 heteroatoms. The second-order valence-corrected chi connectivity index (χ2v) is 8.32. The molecular formula is C21H41NO4. The van der Waals surface area contributed by atoms with Crippen molar-refractivity contribution in [1.82, 2.24) is 5.32 Å². The molecule has 0 aliphatic carbocycles. The lowest BCUT2D eigenvalue weighted by atomic mass is 9.99. The summed E-state index contributed by atoms with van der Waals surface area (Å²) < 4.78 is 11.1. The van der Waals surface area contributed by atoms with Crippen molar-refractivity contribution in [3.8, 4) is 0 Å². The van der Waals surface area contributed by atoms with Crippen molar-refractivity contribution in [3.05, 3.63) is 0 Å². The van der Waals surface area contributed by atoms with Crippen LogP contribution in [0.5, 0.6) is 0 Å². The maximum Gasteiger partial charge on any atom is 0.305 e.